The zero-order chi connectivity index (χ0) is 22.3. The molecular weight excluding hydrogens is 404 g/mol. The van der Waals surface area contributed by atoms with Gasteiger partial charge in [-0.3, -0.25) is 9.59 Å². The maximum atomic E-state index is 12.4. The molecule has 0 aromatic heterocycles. The van der Waals surface area contributed by atoms with Crippen molar-refractivity contribution >= 4 is 29.3 Å². The van der Waals surface area contributed by atoms with Gasteiger partial charge in [-0.1, -0.05) is 42.5 Å². The fraction of sp³-hybridized carbons (Fsp3) is 0.154. The fourth-order valence-electron chi connectivity index (χ4n) is 3.40. The van der Waals surface area contributed by atoms with E-state index in [4.69, 9.17) is 9.47 Å². The van der Waals surface area contributed by atoms with Crippen LogP contribution < -0.4 is 19.7 Å². The van der Waals surface area contributed by atoms with Gasteiger partial charge in [-0.05, 0) is 54.5 Å². The summed E-state index contributed by atoms with van der Waals surface area (Å²) in [6.07, 6.45) is 3.21. The van der Waals surface area contributed by atoms with Crippen LogP contribution in [0, 0.1) is 0 Å². The topological polar surface area (TPSA) is 67.9 Å². The van der Waals surface area contributed by atoms with Crippen LogP contribution >= 0.6 is 0 Å². The molecule has 4 rings (SSSR count). The smallest absolute Gasteiger partial charge is 0.265 e. The van der Waals surface area contributed by atoms with Crippen molar-refractivity contribution in [1.29, 1.82) is 0 Å². The number of benzene rings is 3. The molecule has 0 fully saturated rings. The third-order valence-corrected chi connectivity index (χ3v) is 5.04. The van der Waals surface area contributed by atoms with Crippen molar-refractivity contribution in [3.8, 4) is 11.5 Å². The van der Waals surface area contributed by atoms with Crippen molar-refractivity contribution in [2.45, 2.75) is 13.5 Å². The zero-order valence-corrected chi connectivity index (χ0v) is 17.8. The Hall–Kier alpha value is -4.06. The van der Waals surface area contributed by atoms with E-state index in [0.29, 0.717) is 30.3 Å². The molecule has 0 aliphatic carbocycles. The first-order chi connectivity index (χ1) is 15.6. The minimum Gasteiger partial charge on any atom is -0.489 e. The van der Waals surface area contributed by atoms with Gasteiger partial charge in [-0.15, -0.1) is 0 Å². The molecule has 3 aromatic rings. The first kappa shape index (κ1) is 21.2. The molecule has 0 saturated carbocycles. The summed E-state index contributed by atoms with van der Waals surface area (Å²) in [6.45, 7) is 2.98. The lowest BCUT2D eigenvalue weighted by Crippen LogP contribution is -2.38. The van der Waals surface area contributed by atoms with Gasteiger partial charge in [0, 0.05) is 18.3 Å². The number of carbonyl (C=O) groups is 2. The van der Waals surface area contributed by atoms with Crippen LogP contribution in [0.3, 0.4) is 0 Å². The van der Waals surface area contributed by atoms with Crippen LogP contribution in [0.4, 0.5) is 11.4 Å². The number of likely N-dealkylation sites (N-methyl/N-ethyl adjacent to an activating group) is 1. The van der Waals surface area contributed by atoms with Gasteiger partial charge in [-0.25, -0.2) is 0 Å². The number of rotatable bonds is 7. The minimum atomic E-state index is -0.263. The third-order valence-electron chi connectivity index (χ3n) is 5.04. The standard InChI is InChI=1S/C26H24N2O4/c1-2-28-23-16-21(11-14-24(23)32-18-26(28)30)27-25(29)15-10-19-8-12-22(13-9-19)31-17-20-6-4-3-5-7-20/h3-16H,2,17-18H2,1H3,(H,27,29)/b15-10+. The summed E-state index contributed by atoms with van der Waals surface area (Å²) in [5.41, 5.74) is 3.25. The highest BCUT2D eigenvalue weighted by Gasteiger charge is 2.24. The van der Waals surface area contributed by atoms with E-state index < -0.39 is 0 Å². The van der Waals surface area contributed by atoms with E-state index in [9.17, 15) is 9.59 Å². The number of amides is 2. The Bertz CT molecular complexity index is 1120. The van der Waals surface area contributed by atoms with Crippen molar-refractivity contribution in [1.82, 2.24) is 0 Å². The summed E-state index contributed by atoms with van der Waals surface area (Å²) in [4.78, 5) is 26.0. The second-order valence-corrected chi connectivity index (χ2v) is 7.28. The van der Waals surface area contributed by atoms with Crippen LogP contribution in [0.5, 0.6) is 11.5 Å². The molecule has 3 aromatic carbocycles. The number of nitrogens with zero attached hydrogens (tertiary/aromatic N) is 1. The van der Waals surface area contributed by atoms with Gasteiger partial charge in [0.2, 0.25) is 5.91 Å². The van der Waals surface area contributed by atoms with Gasteiger partial charge in [0.15, 0.2) is 6.61 Å². The number of fused-ring (bicyclic) bond motifs is 1. The number of hydrogen-bond acceptors (Lipinski definition) is 4. The average molecular weight is 428 g/mol. The lowest BCUT2D eigenvalue weighted by molar-refractivity contribution is -0.121. The molecular formula is C26H24N2O4. The van der Waals surface area contributed by atoms with Crippen molar-refractivity contribution in [3.05, 3.63) is 90.0 Å². The Morgan fingerprint density at radius 2 is 1.88 bits per heavy atom. The molecule has 162 valence electrons. The van der Waals surface area contributed by atoms with Gasteiger partial charge < -0.3 is 19.7 Å². The van der Waals surface area contributed by atoms with E-state index >= 15 is 0 Å². The summed E-state index contributed by atoms with van der Waals surface area (Å²) < 4.78 is 11.2. The summed E-state index contributed by atoms with van der Waals surface area (Å²) in [5, 5.41) is 2.83. The molecule has 0 atom stereocenters. The Morgan fingerprint density at radius 1 is 1.09 bits per heavy atom. The maximum absolute atomic E-state index is 12.4. The van der Waals surface area contributed by atoms with Crippen molar-refractivity contribution < 1.29 is 19.1 Å². The zero-order valence-electron chi connectivity index (χ0n) is 17.8. The molecule has 0 saturated heterocycles. The number of carbonyl (C=O) groups excluding carboxylic acids is 2. The molecule has 2 amide bonds. The van der Waals surface area contributed by atoms with Gasteiger partial charge >= 0.3 is 0 Å². The summed E-state index contributed by atoms with van der Waals surface area (Å²) in [7, 11) is 0. The van der Waals surface area contributed by atoms with Crippen LogP contribution in [-0.4, -0.2) is 25.0 Å². The van der Waals surface area contributed by atoms with E-state index in [1.54, 1.807) is 29.2 Å². The van der Waals surface area contributed by atoms with Crippen LogP contribution in [0.2, 0.25) is 0 Å². The van der Waals surface area contributed by atoms with Crippen molar-refractivity contribution in [3.63, 3.8) is 0 Å². The average Bonchev–Trinajstić information content (AvgIpc) is 2.82. The minimum absolute atomic E-state index is 0.0331. The number of nitrogens with one attached hydrogen (secondary N) is 1. The van der Waals surface area contributed by atoms with Gasteiger partial charge in [-0.2, -0.15) is 0 Å². The largest absolute Gasteiger partial charge is 0.489 e. The van der Waals surface area contributed by atoms with Crippen LogP contribution in [0.1, 0.15) is 18.1 Å². The second-order valence-electron chi connectivity index (χ2n) is 7.28. The summed E-state index contributed by atoms with van der Waals surface area (Å²) in [6, 6.07) is 22.8. The van der Waals surface area contributed by atoms with E-state index in [1.165, 1.54) is 6.08 Å². The molecule has 6 nitrogen and oxygen atoms in total. The quantitative estimate of drug-likeness (QED) is 0.556. The van der Waals surface area contributed by atoms with Crippen molar-refractivity contribution in [2.75, 3.05) is 23.4 Å². The first-order valence-electron chi connectivity index (χ1n) is 10.5. The van der Waals surface area contributed by atoms with E-state index in [1.807, 2.05) is 61.5 Å². The first-order valence-corrected chi connectivity index (χ1v) is 10.5. The predicted molar refractivity (Wildman–Crippen MR) is 125 cm³/mol. The van der Waals surface area contributed by atoms with Gasteiger partial charge in [0.05, 0.1) is 5.69 Å². The molecule has 1 N–H and O–H groups in total. The second kappa shape index (κ2) is 9.83. The number of anilines is 2. The summed E-state index contributed by atoms with van der Waals surface area (Å²) in [5.74, 6) is 1.04. The lowest BCUT2D eigenvalue weighted by atomic mass is 10.2. The van der Waals surface area contributed by atoms with Crippen molar-refractivity contribution in [2.24, 2.45) is 0 Å². The Balaban J connectivity index is 1.34. The third kappa shape index (κ3) is 5.16. The van der Waals surface area contributed by atoms with E-state index in [0.717, 1.165) is 16.9 Å². The number of hydrogen-bond donors (Lipinski definition) is 1. The molecule has 0 bridgehead atoms. The van der Waals surface area contributed by atoms with Crippen LogP contribution in [-0.2, 0) is 16.2 Å². The highest BCUT2D eigenvalue weighted by Crippen LogP contribution is 2.34. The Morgan fingerprint density at radius 3 is 2.62 bits per heavy atom. The molecule has 0 radical (unpaired) electrons. The molecule has 1 aliphatic rings. The highest BCUT2D eigenvalue weighted by molar-refractivity contribution is 6.03. The monoisotopic (exact) mass is 428 g/mol. The Kier molecular flexibility index (Phi) is 6.51. The SMILES string of the molecule is CCN1C(=O)COc2ccc(NC(=O)/C=C/c3ccc(OCc4ccccc4)cc3)cc21. The Labute approximate surface area is 187 Å². The molecule has 1 aliphatic heterocycles. The van der Waals surface area contributed by atoms with Crippen LogP contribution in [0.15, 0.2) is 78.9 Å². The number of ether oxygens (including phenoxy) is 2. The predicted octanol–water partition coefficient (Wildman–Crippen LogP) is 4.66. The molecule has 0 spiro atoms. The van der Waals surface area contributed by atoms with E-state index in [-0.39, 0.29) is 18.4 Å². The molecule has 32 heavy (non-hydrogen) atoms. The molecule has 1 heterocycles. The van der Waals surface area contributed by atoms with Gasteiger partial charge in [0.1, 0.15) is 18.1 Å². The normalized spacial score (nSPS) is 12.9. The van der Waals surface area contributed by atoms with E-state index in [2.05, 4.69) is 5.32 Å². The lowest BCUT2D eigenvalue weighted by Gasteiger charge is -2.28. The molecule has 0 unspecified atom stereocenters. The summed E-state index contributed by atoms with van der Waals surface area (Å²) >= 11 is 0. The highest BCUT2D eigenvalue weighted by atomic mass is 16.5. The molecule has 6 heteroatoms. The van der Waals surface area contributed by atoms with Gasteiger partial charge in [0.25, 0.3) is 5.91 Å². The fourth-order valence-corrected chi connectivity index (χ4v) is 3.40. The van der Waals surface area contributed by atoms with Crippen LogP contribution in [0.25, 0.3) is 6.08 Å². The maximum Gasteiger partial charge on any atom is 0.265 e.